The summed E-state index contributed by atoms with van der Waals surface area (Å²) in [6, 6.07) is 15.8. The van der Waals surface area contributed by atoms with Crippen molar-refractivity contribution in [1.29, 1.82) is 0 Å². The number of sulfonamides is 1. The molecule has 0 bridgehead atoms. The van der Waals surface area contributed by atoms with Crippen LogP contribution in [-0.2, 0) is 14.8 Å². The van der Waals surface area contributed by atoms with Crippen molar-refractivity contribution >= 4 is 27.8 Å². The molecular weight excluding hydrogens is 424 g/mol. The number of hydrogen-bond donors (Lipinski definition) is 0. The van der Waals surface area contributed by atoms with Crippen molar-refractivity contribution in [3.05, 3.63) is 71.8 Å². The molecule has 0 aromatic heterocycles. The van der Waals surface area contributed by atoms with E-state index in [2.05, 4.69) is 0 Å². The average molecular weight is 455 g/mol. The van der Waals surface area contributed by atoms with Gasteiger partial charge in [0, 0.05) is 43.7 Å². The lowest BCUT2D eigenvalue weighted by molar-refractivity contribution is -0.127. The molecule has 0 N–H and O–H groups in total. The van der Waals surface area contributed by atoms with Gasteiger partial charge in [-0.1, -0.05) is 56.3 Å². The van der Waals surface area contributed by atoms with E-state index in [1.807, 2.05) is 44.2 Å². The summed E-state index contributed by atoms with van der Waals surface area (Å²) in [6.45, 7) is 5.56. The predicted molar refractivity (Wildman–Crippen MR) is 126 cm³/mol. The number of hydrogen-bond acceptors (Lipinski definition) is 4. The molecule has 0 atom stereocenters. The highest BCUT2D eigenvalue weighted by atomic mass is 32.2. The molecule has 2 aromatic carbocycles. The lowest BCUT2D eigenvalue weighted by Gasteiger charge is -2.30. The first-order valence-corrected chi connectivity index (χ1v) is 12.5. The number of benzene rings is 2. The predicted octanol–water partition coefficient (Wildman–Crippen LogP) is 3.85. The summed E-state index contributed by atoms with van der Waals surface area (Å²) < 4.78 is 26.5. The Morgan fingerprint density at radius 1 is 0.969 bits per heavy atom. The van der Waals surface area contributed by atoms with Gasteiger partial charge in [0.2, 0.25) is 15.9 Å². The van der Waals surface area contributed by atoms with E-state index in [4.69, 9.17) is 0 Å². The molecule has 3 rings (SSSR count). The lowest BCUT2D eigenvalue weighted by atomic mass is 9.89. The van der Waals surface area contributed by atoms with E-state index in [0.29, 0.717) is 39.0 Å². The second-order valence-corrected chi connectivity index (χ2v) is 9.76. The summed E-state index contributed by atoms with van der Waals surface area (Å²) in [6.07, 6.45) is 4.51. The fourth-order valence-corrected chi connectivity index (χ4v) is 5.39. The van der Waals surface area contributed by atoms with Gasteiger partial charge in [-0.15, -0.1) is 0 Å². The third kappa shape index (κ3) is 5.53. The van der Waals surface area contributed by atoms with E-state index in [0.717, 1.165) is 11.1 Å². The van der Waals surface area contributed by atoms with Gasteiger partial charge in [0.1, 0.15) is 0 Å². The van der Waals surface area contributed by atoms with Crippen LogP contribution in [0.4, 0.5) is 0 Å². The van der Waals surface area contributed by atoms with Gasteiger partial charge in [-0.05, 0) is 36.6 Å². The van der Waals surface area contributed by atoms with E-state index >= 15 is 0 Å². The third-order valence-corrected chi connectivity index (χ3v) is 7.94. The van der Waals surface area contributed by atoms with Crippen molar-refractivity contribution in [3.63, 3.8) is 0 Å². The molecule has 0 unspecified atom stereocenters. The highest BCUT2D eigenvalue weighted by Crippen LogP contribution is 2.22. The standard InChI is InChI=1S/C25H30N2O4S/c1-3-27(4-2)32(30,31)23-13-10-20(11-14-23)12-15-24(28)26-18-16-22(17-19-26)25(29)21-8-6-5-7-9-21/h5-15,22H,3-4,16-19H2,1-2H3/b15-12+. The van der Waals surface area contributed by atoms with Crippen LogP contribution in [0.2, 0.25) is 0 Å². The molecule has 32 heavy (non-hydrogen) atoms. The molecule has 1 amide bonds. The first kappa shape index (κ1) is 23.9. The van der Waals surface area contributed by atoms with Crippen molar-refractivity contribution in [1.82, 2.24) is 9.21 Å². The van der Waals surface area contributed by atoms with Crippen LogP contribution in [0.1, 0.15) is 42.6 Å². The van der Waals surface area contributed by atoms with Gasteiger partial charge in [-0.3, -0.25) is 9.59 Å². The highest BCUT2D eigenvalue weighted by Gasteiger charge is 2.27. The van der Waals surface area contributed by atoms with Gasteiger partial charge in [0.25, 0.3) is 0 Å². The van der Waals surface area contributed by atoms with Crippen molar-refractivity contribution in [3.8, 4) is 0 Å². The number of carbonyl (C=O) groups is 2. The molecule has 0 spiro atoms. The number of piperidine rings is 1. The number of rotatable bonds is 8. The van der Waals surface area contributed by atoms with Gasteiger partial charge in [-0.2, -0.15) is 4.31 Å². The maximum atomic E-state index is 12.6. The van der Waals surface area contributed by atoms with Gasteiger partial charge in [-0.25, -0.2) is 8.42 Å². The molecule has 0 radical (unpaired) electrons. The maximum absolute atomic E-state index is 12.6. The Hall–Kier alpha value is -2.77. The van der Waals surface area contributed by atoms with Crippen LogP contribution in [0.3, 0.4) is 0 Å². The fraction of sp³-hybridized carbons (Fsp3) is 0.360. The maximum Gasteiger partial charge on any atom is 0.246 e. The third-order valence-electron chi connectivity index (χ3n) is 5.88. The first-order chi connectivity index (χ1) is 15.4. The van der Waals surface area contributed by atoms with E-state index in [9.17, 15) is 18.0 Å². The minimum absolute atomic E-state index is 0.0502. The van der Waals surface area contributed by atoms with Crippen LogP contribution in [-0.4, -0.2) is 55.5 Å². The number of likely N-dealkylation sites (tertiary alicyclic amines) is 1. The van der Waals surface area contributed by atoms with Crippen LogP contribution in [0.15, 0.2) is 65.6 Å². The number of ketones is 1. The Morgan fingerprint density at radius 3 is 2.12 bits per heavy atom. The molecule has 170 valence electrons. The second kappa shape index (κ2) is 10.7. The summed E-state index contributed by atoms with van der Waals surface area (Å²) in [4.78, 5) is 27.2. The Bertz CT molecular complexity index is 1050. The van der Waals surface area contributed by atoms with Crippen LogP contribution >= 0.6 is 0 Å². The number of nitrogens with zero attached hydrogens (tertiary/aromatic N) is 2. The summed E-state index contributed by atoms with van der Waals surface area (Å²) in [7, 11) is -3.49. The number of carbonyl (C=O) groups excluding carboxylic acids is 2. The lowest BCUT2D eigenvalue weighted by Crippen LogP contribution is -2.39. The minimum Gasteiger partial charge on any atom is -0.339 e. The Morgan fingerprint density at radius 2 is 1.56 bits per heavy atom. The summed E-state index contributed by atoms with van der Waals surface area (Å²) in [5.74, 6) is -0.00539. The van der Waals surface area contributed by atoms with Gasteiger partial charge in [0.05, 0.1) is 4.90 Å². The molecule has 0 aliphatic carbocycles. The van der Waals surface area contributed by atoms with E-state index in [1.165, 1.54) is 10.4 Å². The summed E-state index contributed by atoms with van der Waals surface area (Å²) in [5, 5.41) is 0. The van der Waals surface area contributed by atoms with Crippen LogP contribution in [0, 0.1) is 5.92 Å². The fourth-order valence-electron chi connectivity index (χ4n) is 3.94. The Kier molecular flexibility index (Phi) is 7.99. The quantitative estimate of drug-likeness (QED) is 0.449. The smallest absolute Gasteiger partial charge is 0.246 e. The first-order valence-electron chi connectivity index (χ1n) is 11.0. The van der Waals surface area contributed by atoms with Crippen molar-refractivity contribution in [2.24, 2.45) is 5.92 Å². The number of amides is 1. The van der Waals surface area contributed by atoms with Gasteiger partial charge >= 0.3 is 0 Å². The van der Waals surface area contributed by atoms with Gasteiger partial charge < -0.3 is 4.90 Å². The second-order valence-electron chi connectivity index (χ2n) is 7.82. The van der Waals surface area contributed by atoms with Crippen LogP contribution in [0.25, 0.3) is 6.08 Å². The van der Waals surface area contributed by atoms with Crippen molar-refractivity contribution in [2.75, 3.05) is 26.2 Å². The zero-order valence-electron chi connectivity index (χ0n) is 18.6. The van der Waals surface area contributed by atoms with E-state index < -0.39 is 10.0 Å². The summed E-state index contributed by atoms with van der Waals surface area (Å²) >= 11 is 0. The Balaban J connectivity index is 1.56. The van der Waals surface area contributed by atoms with E-state index in [1.54, 1.807) is 35.2 Å². The monoisotopic (exact) mass is 454 g/mol. The molecule has 1 saturated heterocycles. The summed E-state index contributed by atoms with van der Waals surface area (Å²) in [5.41, 5.74) is 1.48. The molecule has 1 aliphatic rings. The zero-order valence-corrected chi connectivity index (χ0v) is 19.4. The largest absolute Gasteiger partial charge is 0.339 e. The zero-order chi connectivity index (χ0) is 23.1. The number of Topliss-reactive ketones (excluding diaryl/α,β-unsaturated/α-hetero) is 1. The molecule has 7 heteroatoms. The molecule has 2 aromatic rings. The molecule has 1 heterocycles. The average Bonchev–Trinajstić information content (AvgIpc) is 2.83. The van der Waals surface area contributed by atoms with E-state index in [-0.39, 0.29) is 22.5 Å². The van der Waals surface area contributed by atoms with Gasteiger partial charge in [0.15, 0.2) is 5.78 Å². The molecule has 6 nitrogen and oxygen atoms in total. The molecule has 1 aliphatic heterocycles. The van der Waals surface area contributed by atoms with Crippen LogP contribution < -0.4 is 0 Å². The molecule has 1 fully saturated rings. The van der Waals surface area contributed by atoms with Crippen molar-refractivity contribution < 1.29 is 18.0 Å². The Labute approximate surface area is 190 Å². The topological polar surface area (TPSA) is 74.8 Å². The highest BCUT2D eigenvalue weighted by molar-refractivity contribution is 7.89. The molecular formula is C25H30N2O4S. The van der Waals surface area contributed by atoms with Crippen LogP contribution in [0.5, 0.6) is 0 Å². The normalized spacial score (nSPS) is 15.4. The SMILES string of the molecule is CCN(CC)S(=O)(=O)c1ccc(/C=C/C(=O)N2CCC(C(=O)c3ccccc3)CC2)cc1. The molecule has 0 saturated carbocycles. The van der Waals surface area contributed by atoms with Crippen molar-refractivity contribution in [2.45, 2.75) is 31.6 Å². The minimum atomic E-state index is -3.49.